The molecule has 4 rings (SSSR count). The third-order valence-corrected chi connectivity index (χ3v) is 7.30. The topological polar surface area (TPSA) is 114 Å². The Balaban J connectivity index is 1.63. The Labute approximate surface area is 252 Å². The molecule has 1 saturated heterocycles. The van der Waals surface area contributed by atoms with Crippen molar-refractivity contribution in [3.05, 3.63) is 90.5 Å². The number of nitrogens with zero attached hydrogens (tertiary/aromatic N) is 1. The van der Waals surface area contributed by atoms with Gasteiger partial charge in [-0.05, 0) is 56.5 Å². The first-order chi connectivity index (χ1) is 20.5. The molecule has 2 unspecified atom stereocenters. The van der Waals surface area contributed by atoms with Crippen LogP contribution in [0.2, 0.25) is 0 Å². The molecule has 228 valence electrons. The Morgan fingerprint density at radius 2 is 1.56 bits per heavy atom. The second-order valence-corrected chi connectivity index (χ2v) is 11.3. The highest BCUT2D eigenvalue weighted by molar-refractivity contribution is 5.89. The highest BCUT2D eigenvalue weighted by Gasteiger charge is 2.37. The molecule has 43 heavy (non-hydrogen) atoms. The molecular formula is C34H40N2O7. The van der Waals surface area contributed by atoms with Crippen molar-refractivity contribution < 1.29 is 33.7 Å². The third-order valence-electron chi connectivity index (χ3n) is 7.30. The van der Waals surface area contributed by atoms with Gasteiger partial charge in [0.1, 0.15) is 24.8 Å². The number of nitrogens with one attached hydrogen (secondary N) is 1. The van der Waals surface area contributed by atoms with Crippen molar-refractivity contribution >= 4 is 23.5 Å². The number of amides is 1. The third kappa shape index (κ3) is 8.89. The van der Waals surface area contributed by atoms with Crippen molar-refractivity contribution in [3.8, 4) is 11.1 Å². The van der Waals surface area contributed by atoms with Crippen molar-refractivity contribution in [2.45, 2.75) is 70.6 Å². The summed E-state index contributed by atoms with van der Waals surface area (Å²) >= 11 is 0. The highest BCUT2D eigenvalue weighted by Crippen LogP contribution is 2.27. The van der Waals surface area contributed by atoms with E-state index >= 15 is 0 Å². The smallest absolute Gasteiger partial charge is 0.329 e. The predicted octanol–water partition coefficient (Wildman–Crippen LogP) is 4.83. The molecule has 0 saturated carbocycles. The van der Waals surface area contributed by atoms with Crippen LogP contribution in [0.4, 0.5) is 5.69 Å². The lowest BCUT2D eigenvalue weighted by molar-refractivity contribution is -0.159. The van der Waals surface area contributed by atoms with E-state index in [1.165, 1.54) is 0 Å². The predicted molar refractivity (Wildman–Crippen MR) is 163 cm³/mol. The van der Waals surface area contributed by atoms with Crippen molar-refractivity contribution in [2.24, 2.45) is 0 Å². The number of hydrogen-bond acceptors (Lipinski definition) is 7. The average molecular weight is 589 g/mol. The first-order valence-corrected chi connectivity index (χ1v) is 14.5. The van der Waals surface area contributed by atoms with Gasteiger partial charge in [0.25, 0.3) is 0 Å². The van der Waals surface area contributed by atoms with Crippen LogP contribution in [0.1, 0.15) is 39.7 Å². The minimum absolute atomic E-state index is 0.00452. The summed E-state index contributed by atoms with van der Waals surface area (Å²) in [6.45, 7) is 7.25. The number of rotatable bonds is 13. The molecular weight excluding hydrogens is 548 g/mol. The maximum absolute atomic E-state index is 13.9. The molecule has 9 nitrogen and oxygen atoms in total. The van der Waals surface area contributed by atoms with Gasteiger partial charge in [0, 0.05) is 18.2 Å². The summed E-state index contributed by atoms with van der Waals surface area (Å²) in [6, 6.07) is 24.9. The summed E-state index contributed by atoms with van der Waals surface area (Å²) in [4.78, 5) is 40.3. The van der Waals surface area contributed by atoms with E-state index in [9.17, 15) is 19.5 Å². The van der Waals surface area contributed by atoms with E-state index in [4.69, 9.17) is 14.2 Å². The van der Waals surface area contributed by atoms with Gasteiger partial charge in [0.15, 0.2) is 5.79 Å². The highest BCUT2D eigenvalue weighted by atomic mass is 16.7. The van der Waals surface area contributed by atoms with Crippen LogP contribution in [0.3, 0.4) is 0 Å². The Morgan fingerprint density at radius 3 is 2.14 bits per heavy atom. The molecule has 1 aliphatic rings. The van der Waals surface area contributed by atoms with Crippen molar-refractivity contribution in [2.75, 3.05) is 18.1 Å². The standard InChI is InChI=1S/C34H40N2O7/c1-23(19-31(37)38)35-32(39)24(2)36(28-13-9-6-10-14-28)30(33(40)41-21-29-22-42-34(3,4)43-29)20-25-15-17-27(18-16-25)26-11-7-5-8-12-26/h5-18,23-24,29-30H,19-22H2,1-4H3,(H,35,39)(H,37,38)/t23-,24+,29?,30?/m1/s1. The van der Waals surface area contributed by atoms with E-state index in [0.717, 1.165) is 16.7 Å². The number of benzene rings is 3. The molecule has 0 bridgehead atoms. The van der Waals surface area contributed by atoms with E-state index < -0.39 is 47.9 Å². The maximum atomic E-state index is 13.9. The SMILES string of the molecule is C[C@H](CC(=O)O)NC(=O)[C@H](C)N(c1ccccc1)C(Cc1ccc(-c2ccccc2)cc1)C(=O)OCC1COC(C)(C)O1. The lowest BCUT2D eigenvalue weighted by Gasteiger charge is -2.37. The number of hydrogen-bond donors (Lipinski definition) is 2. The van der Waals surface area contributed by atoms with Gasteiger partial charge in [-0.2, -0.15) is 0 Å². The van der Waals surface area contributed by atoms with Crippen LogP contribution in [0, 0.1) is 0 Å². The van der Waals surface area contributed by atoms with Crippen LogP contribution >= 0.6 is 0 Å². The van der Waals surface area contributed by atoms with E-state index in [1.54, 1.807) is 32.6 Å². The summed E-state index contributed by atoms with van der Waals surface area (Å²) in [5.41, 5.74) is 3.67. The van der Waals surface area contributed by atoms with Gasteiger partial charge in [0.2, 0.25) is 5.91 Å². The molecule has 2 N–H and O–H groups in total. The van der Waals surface area contributed by atoms with Gasteiger partial charge in [-0.25, -0.2) is 4.79 Å². The van der Waals surface area contributed by atoms with Crippen LogP contribution in [0.5, 0.6) is 0 Å². The second-order valence-electron chi connectivity index (χ2n) is 11.3. The number of carbonyl (C=O) groups is 3. The minimum Gasteiger partial charge on any atom is -0.481 e. The summed E-state index contributed by atoms with van der Waals surface area (Å²) in [5, 5.41) is 12.0. The fourth-order valence-corrected chi connectivity index (χ4v) is 5.18. The molecule has 1 fully saturated rings. The molecule has 0 aliphatic carbocycles. The zero-order valence-corrected chi connectivity index (χ0v) is 25.1. The van der Waals surface area contributed by atoms with Crippen LogP contribution in [-0.4, -0.2) is 66.2 Å². The average Bonchev–Trinajstić information content (AvgIpc) is 3.34. The monoisotopic (exact) mass is 588 g/mol. The zero-order valence-electron chi connectivity index (χ0n) is 25.1. The number of carboxylic acid groups (broad SMARTS) is 1. The number of esters is 1. The van der Waals surface area contributed by atoms with Crippen molar-refractivity contribution in [3.63, 3.8) is 0 Å². The molecule has 0 aromatic heterocycles. The Kier molecular flexibility index (Phi) is 10.6. The van der Waals surface area contributed by atoms with E-state index in [0.29, 0.717) is 12.3 Å². The maximum Gasteiger partial charge on any atom is 0.329 e. The van der Waals surface area contributed by atoms with Gasteiger partial charge >= 0.3 is 11.9 Å². The quantitative estimate of drug-likeness (QED) is 0.273. The number of aliphatic carboxylic acids is 1. The summed E-state index contributed by atoms with van der Waals surface area (Å²) in [7, 11) is 0. The molecule has 1 heterocycles. The first kappa shape index (κ1) is 31.7. The minimum atomic E-state index is -1.01. The lowest BCUT2D eigenvalue weighted by atomic mass is 9.98. The van der Waals surface area contributed by atoms with Gasteiger partial charge in [-0.15, -0.1) is 0 Å². The van der Waals surface area contributed by atoms with Crippen LogP contribution < -0.4 is 10.2 Å². The number of anilines is 1. The molecule has 9 heteroatoms. The molecule has 3 aromatic rings. The summed E-state index contributed by atoms with van der Waals surface area (Å²) < 4.78 is 17.3. The van der Waals surface area contributed by atoms with Crippen LogP contribution in [0.15, 0.2) is 84.9 Å². The first-order valence-electron chi connectivity index (χ1n) is 14.5. The number of ether oxygens (including phenoxy) is 3. The summed E-state index contributed by atoms with van der Waals surface area (Å²) in [6.07, 6.45) is -0.367. The van der Waals surface area contributed by atoms with Gasteiger partial charge < -0.3 is 29.5 Å². The van der Waals surface area contributed by atoms with Crippen LogP contribution in [-0.2, 0) is 35.0 Å². The van der Waals surface area contributed by atoms with E-state index in [1.807, 2.05) is 84.9 Å². The fourth-order valence-electron chi connectivity index (χ4n) is 5.18. The normalized spacial score (nSPS) is 17.8. The molecule has 1 aliphatic heterocycles. The van der Waals surface area contributed by atoms with Crippen LogP contribution in [0.25, 0.3) is 11.1 Å². The van der Waals surface area contributed by atoms with Crippen molar-refractivity contribution in [1.29, 1.82) is 0 Å². The largest absolute Gasteiger partial charge is 0.481 e. The molecule has 0 spiro atoms. The molecule has 1 amide bonds. The second kappa shape index (κ2) is 14.3. The Hall–Kier alpha value is -4.21. The van der Waals surface area contributed by atoms with E-state index in [-0.39, 0.29) is 19.4 Å². The van der Waals surface area contributed by atoms with Gasteiger partial charge in [0.05, 0.1) is 13.0 Å². The molecule has 3 aromatic carbocycles. The van der Waals surface area contributed by atoms with Gasteiger partial charge in [-0.3, -0.25) is 9.59 Å². The Morgan fingerprint density at radius 1 is 0.953 bits per heavy atom. The fraction of sp³-hybridized carbons (Fsp3) is 0.382. The Bertz CT molecular complexity index is 1360. The molecule has 0 radical (unpaired) electrons. The zero-order chi connectivity index (χ0) is 31.0. The number of carbonyl (C=O) groups excluding carboxylic acids is 2. The summed E-state index contributed by atoms with van der Waals surface area (Å²) in [5.74, 6) is -2.68. The molecule has 4 atom stereocenters. The lowest BCUT2D eigenvalue weighted by Crippen LogP contribution is -2.55. The van der Waals surface area contributed by atoms with Crippen molar-refractivity contribution in [1.82, 2.24) is 5.32 Å². The van der Waals surface area contributed by atoms with E-state index in [2.05, 4.69) is 5.32 Å². The number of carboxylic acids is 1. The number of para-hydroxylation sites is 1. The van der Waals surface area contributed by atoms with Gasteiger partial charge in [-0.1, -0.05) is 72.8 Å².